The summed E-state index contributed by atoms with van der Waals surface area (Å²) in [5.74, 6) is -0.738. The number of nitrogens with one attached hydrogen (secondary N) is 1. The van der Waals surface area contributed by atoms with Gasteiger partial charge in [0.2, 0.25) is 0 Å². The minimum absolute atomic E-state index is 0.103. The molecule has 0 atom stereocenters. The van der Waals surface area contributed by atoms with E-state index in [9.17, 15) is 14.7 Å². The van der Waals surface area contributed by atoms with Crippen LogP contribution in [0.2, 0.25) is 0 Å². The van der Waals surface area contributed by atoms with Gasteiger partial charge in [0.1, 0.15) is 0 Å². The number of likely N-dealkylation sites (tertiary alicyclic amines) is 1. The molecule has 0 aromatic heterocycles. The van der Waals surface area contributed by atoms with Gasteiger partial charge in [-0.2, -0.15) is 0 Å². The van der Waals surface area contributed by atoms with Gasteiger partial charge in [0.05, 0.1) is 11.0 Å². The van der Waals surface area contributed by atoms with E-state index in [0.29, 0.717) is 38.9 Å². The summed E-state index contributed by atoms with van der Waals surface area (Å²) in [6.45, 7) is 3.46. The van der Waals surface area contributed by atoms with Gasteiger partial charge in [0.15, 0.2) is 0 Å². The van der Waals surface area contributed by atoms with Crippen molar-refractivity contribution in [1.82, 2.24) is 10.2 Å². The molecule has 1 saturated heterocycles. The lowest BCUT2D eigenvalue weighted by Crippen LogP contribution is -2.54. The third kappa shape index (κ3) is 3.15. The Hall–Kier alpha value is -1.30. The maximum absolute atomic E-state index is 12.2. The molecule has 0 unspecified atom stereocenters. The number of carbonyl (C=O) groups excluding carboxylic acids is 1. The van der Waals surface area contributed by atoms with Crippen LogP contribution in [0.5, 0.6) is 0 Å². The predicted octanol–water partition coefficient (Wildman–Crippen LogP) is 1.84. The fourth-order valence-electron chi connectivity index (χ4n) is 3.23. The summed E-state index contributed by atoms with van der Waals surface area (Å²) in [4.78, 5) is 25.3. The van der Waals surface area contributed by atoms with Crippen LogP contribution in [0, 0.1) is 5.41 Å². The van der Waals surface area contributed by atoms with Crippen molar-refractivity contribution in [3.05, 3.63) is 0 Å². The van der Waals surface area contributed by atoms with E-state index in [1.54, 1.807) is 12.0 Å². The van der Waals surface area contributed by atoms with Crippen LogP contribution in [-0.4, -0.2) is 54.4 Å². The molecule has 0 aromatic rings. The molecule has 0 bridgehead atoms. The number of hydrogen-bond acceptors (Lipinski definition) is 3. The molecule has 1 aliphatic carbocycles. The molecule has 21 heavy (non-hydrogen) atoms. The van der Waals surface area contributed by atoms with E-state index in [1.807, 2.05) is 6.92 Å². The van der Waals surface area contributed by atoms with Crippen LogP contribution in [0.3, 0.4) is 0 Å². The fraction of sp³-hybridized carbons (Fsp3) is 0.867. The van der Waals surface area contributed by atoms with Gasteiger partial charge in [0, 0.05) is 26.7 Å². The minimum Gasteiger partial charge on any atom is -0.481 e. The standard InChI is InChI=1S/C15H26N2O4/c1-3-14(12(18)19)7-9-17(10-8-14)13(20)16-11-15(21-2)5-4-6-15/h3-11H2,1-2H3,(H,16,20)(H,18,19). The summed E-state index contributed by atoms with van der Waals surface area (Å²) in [5.41, 5.74) is -0.835. The zero-order valence-corrected chi connectivity index (χ0v) is 13.0. The number of nitrogens with zero attached hydrogens (tertiary/aromatic N) is 1. The molecule has 6 nitrogen and oxygen atoms in total. The highest BCUT2D eigenvalue weighted by molar-refractivity contribution is 5.77. The second-order valence-electron chi connectivity index (χ2n) is 6.33. The van der Waals surface area contributed by atoms with Crippen LogP contribution >= 0.6 is 0 Å². The van der Waals surface area contributed by atoms with Crippen molar-refractivity contribution in [3.63, 3.8) is 0 Å². The number of carboxylic acid groups (broad SMARTS) is 1. The van der Waals surface area contributed by atoms with Crippen molar-refractivity contribution < 1.29 is 19.4 Å². The average molecular weight is 298 g/mol. The Kier molecular flexibility index (Phi) is 4.76. The molecule has 2 amide bonds. The van der Waals surface area contributed by atoms with Gasteiger partial charge in [-0.1, -0.05) is 6.92 Å². The first-order valence-corrected chi connectivity index (χ1v) is 7.78. The second-order valence-corrected chi connectivity index (χ2v) is 6.33. The van der Waals surface area contributed by atoms with Gasteiger partial charge in [-0.25, -0.2) is 4.79 Å². The number of urea groups is 1. The normalized spacial score (nSPS) is 23.2. The van der Waals surface area contributed by atoms with E-state index >= 15 is 0 Å². The highest BCUT2D eigenvalue weighted by Gasteiger charge is 2.41. The van der Waals surface area contributed by atoms with Crippen LogP contribution in [0.25, 0.3) is 0 Å². The predicted molar refractivity (Wildman–Crippen MR) is 78.2 cm³/mol. The number of rotatable bonds is 5. The molecular formula is C15H26N2O4. The fourth-order valence-corrected chi connectivity index (χ4v) is 3.23. The van der Waals surface area contributed by atoms with Crippen LogP contribution in [0.15, 0.2) is 0 Å². The number of piperidine rings is 1. The van der Waals surface area contributed by atoms with Crippen molar-refractivity contribution in [2.75, 3.05) is 26.7 Å². The maximum Gasteiger partial charge on any atom is 0.317 e. The van der Waals surface area contributed by atoms with Crippen molar-refractivity contribution in [1.29, 1.82) is 0 Å². The maximum atomic E-state index is 12.2. The number of amides is 2. The summed E-state index contributed by atoms with van der Waals surface area (Å²) in [7, 11) is 1.69. The van der Waals surface area contributed by atoms with Crippen molar-refractivity contribution in [2.45, 2.75) is 51.0 Å². The number of carbonyl (C=O) groups is 2. The van der Waals surface area contributed by atoms with Gasteiger partial charge in [-0.15, -0.1) is 0 Å². The van der Waals surface area contributed by atoms with Crippen molar-refractivity contribution in [3.8, 4) is 0 Å². The van der Waals surface area contributed by atoms with Crippen LogP contribution < -0.4 is 5.32 Å². The molecule has 120 valence electrons. The van der Waals surface area contributed by atoms with E-state index in [1.165, 1.54) is 0 Å². The molecule has 0 radical (unpaired) electrons. The van der Waals surface area contributed by atoms with Gasteiger partial charge in [0.25, 0.3) is 0 Å². The molecule has 0 aromatic carbocycles. The molecule has 0 spiro atoms. The van der Waals surface area contributed by atoms with E-state index < -0.39 is 11.4 Å². The highest BCUT2D eigenvalue weighted by atomic mass is 16.5. The lowest BCUT2D eigenvalue weighted by molar-refractivity contribution is -0.151. The Balaban J connectivity index is 1.82. The second kappa shape index (κ2) is 6.22. The molecule has 1 heterocycles. The van der Waals surface area contributed by atoms with Crippen molar-refractivity contribution >= 4 is 12.0 Å². The molecule has 2 rings (SSSR count). The van der Waals surface area contributed by atoms with Crippen LogP contribution in [0.1, 0.15) is 45.4 Å². The summed E-state index contributed by atoms with van der Waals surface area (Å²) >= 11 is 0. The monoisotopic (exact) mass is 298 g/mol. The molecule has 1 saturated carbocycles. The van der Waals surface area contributed by atoms with E-state index in [-0.39, 0.29) is 11.6 Å². The van der Waals surface area contributed by atoms with E-state index in [4.69, 9.17) is 4.74 Å². The Labute approximate surface area is 125 Å². The average Bonchev–Trinajstić information content (AvgIpc) is 2.46. The lowest BCUT2D eigenvalue weighted by Gasteiger charge is -2.42. The number of aliphatic carboxylic acids is 1. The number of hydrogen-bond donors (Lipinski definition) is 2. The summed E-state index contributed by atoms with van der Waals surface area (Å²) in [6, 6.07) is -0.103. The topological polar surface area (TPSA) is 78.9 Å². The van der Waals surface area contributed by atoms with Crippen LogP contribution in [0.4, 0.5) is 4.79 Å². The first kappa shape index (κ1) is 16.1. The molecule has 6 heteroatoms. The van der Waals surface area contributed by atoms with Crippen molar-refractivity contribution in [2.24, 2.45) is 5.41 Å². The molecule has 1 aliphatic heterocycles. The first-order chi connectivity index (χ1) is 9.97. The molecule has 2 N–H and O–H groups in total. The van der Waals surface area contributed by atoms with Crippen LogP contribution in [-0.2, 0) is 9.53 Å². The summed E-state index contributed by atoms with van der Waals surface area (Å²) < 4.78 is 5.48. The van der Waals surface area contributed by atoms with E-state index in [0.717, 1.165) is 19.3 Å². The van der Waals surface area contributed by atoms with Gasteiger partial charge >= 0.3 is 12.0 Å². The summed E-state index contributed by atoms with van der Waals surface area (Å²) in [6.07, 6.45) is 4.79. The zero-order valence-electron chi connectivity index (χ0n) is 13.0. The Morgan fingerprint density at radius 2 is 1.86 bits per heavy atom. The van der Waals surface area contributed by atoms with E-state index in [2.05, 4.69) is 5.32 Å². The first-order valence-electron chi connectivity index (χ1n) is 7.78. The third-order valence-corrected chi connectivity index (χ3v) is 5.40. The zero-order chi connectivity index (χ0) is 15.5. The molecule has 2 aliphatic rings. The Bertz CT molecular complexity index is 393. The highest BCUT2D eigenvalue weighted by Crippen LogP contribution is 2.36. The summed E-state index contributed by atoms with van der Waals surface area (Å²) in [5, 5.41) is 12.3. The molecular weight excluding hydrogens is 272 g/mol. The SMILES string of the molecule is CCC1(C(=O)O)CCN(C(=O)NCC2(OC)CCC2)CC1. The third-order valence-electron chi connectivity index (χ3n) is 5.40. The number of methoxy groups -OCH3 is 1. The smallest absolute Gasteiger partial charge is 0.317 e. The largest absolute Gasteiger partial charge is 0.481 e. The number of carboxylic acids is 1. The minimum atomic E-state index is -0.738. The van der Waals surface area contributed by atoms with Gasteiger partial charge in [-0.3, -0.25) is 4.79 Å². The number of ether oxygens (including phenoxy) is 1. The Morgan fingerprint density at radius 3 is 2.24 bits per heavy atom. The quantitative estimate of drug-likeness (QED) is 0.812. The Morgan fingerprint density at radius 1 is 1.24 bits per heavy atom. The lowest BCUT2D eigenvalue weighted by atomic mass is 9.76. The van der Waals surface area contributed by atoms with Gasteiger partial charge < -0.3 is 20.1 Å². The van der Waals surface area contributed by atoms with Gasteiger partial charge in [-0.05, 0) is 38.5 Å². The molecule has 2 fully saturated rings.